The van der Waals surface area contributed by atoms with Gasteiger partial charge in [-0.15, -0.1) is 0 Å². The van der Waals surface area contributed by atoms with Crippen LogP contribution in [-0.2, 0) is 14.3 Å². The van der Waals surface area contributed by atoms with Gasteiger partial charge < -0.3 is 15.2 Å². The van der Waals surface area contributed by atoms with Crippen LogP contribution in [0.15, 0.2) is 0 Å². The van der Waals surface area contributed by atoms with Gasteiger partial charge in [-0.1, -0.05) is 0 Å². The van der Waals surface area contributed by atoms with Crippen molar-refractivity contribution < 1.29 is 14.3 Å². The number of likely N-dealkylation sites (N-methyl/N-ethyl adjacent to an activating group) is 1. The molecule has 0 spiro atoms. The van der Waals surface area contributed by atoms with E-state index in [1.165, 1.54) is 7.11 Å². The summed E-state index contributed by atoms with van der Waals surface area (Å²) in [6.07, 6.45) is 0.994. The Morgan fingerprint density at radius 2 is 2.40 bits per heavy atom. The average Bonchev–Trinajstić information content (AvgIpc) is 2.68. The van der Waals surface area contributed by atoms with Crippen LogP contribution in [0.5, 0.6) is 0 Å². The lowest BCUT2D eigenvalue weighted by Gasteiger charge is -2.30. The molecule has 2 unspecified atom stereocenters. The normalized spacial score (nSPS) is 25.3. The maximum absolute atomic E-state index is 11.4. The molecule has 1 rings (SSSR count). The smallest absolute Gasteiger partial charge is 0.326 e. The van der Waals surface area contributed by atoms with Crippen molar-refractivity contribution in [3.63, 3.8) is 0 Å². The topological polar surface area (TPSA) is 64.8 Å². The molecule has 0 aromatic carbocycles. The Kier molecular flexibility index (Phi) is 4.07. The van der Waals surface area contributed by atoms with Crippen LogP contribution in [0.25, 0.3) is 0 Å². The summed E-state index contributed by atoms with van der Waals surface area (Å²) in [6, 6.07) is 0.359. The van der Waals surface area contributed by atoms with Crippen LogP contribution in [0, 0.1) is 0 Å². The van der Waals surface area contributed by atoms with Crippen LogP contribution >= 0.6 is 0 Å². The first kappa shape index (κ1) is 12.4. The molecule has 1 heterocycles. The van der Waals surface area contributed by atoms with Crippen LogP contribution in [0.4, 0.5) is 0 Å². The van der Waals surface area contributed by atoms with Gasteiger partial charge in [0.1, 0.15) is 5.54 Å². The molecule has 1 aliphatic heterocycles. The summed E-state index contributed by atoms with van der Waals surface area (Å²) in [7, 11) is 3.31. The summed E-state index contributed by atoms with van der Waals surface area (Å²) in [5.74, 6) is -0.381. The quantitative estimate of drug-likeness (QED) is 0.648. The number of carbonyl (C=O) groups excluding carboxylic acids is 1. The lowest BCUT2D eigenvalue weighted by Crippen LogP contribution is -2.55. The van der Waals surface area contributed by atoms with Gasteiger partial charge in [0, 0.05) is 19.2 Å². The van der Waals surface area contributed by atoms with Gasteiger partial charge in [0.15, 0.2) is 0 Å². The van der Waals surface area contributed by atoms with E-state index in [1.807, 2.05) is 7.05 Å². The van der Waals surface area contributed by atoms with Crippen molar-refractivity contribution in [2.45, 2.75) is 24.9 Å². The third-order valence-electron chi connectivity index (χ3n) is 2.76. The molecule has 0 radical (unpaired) electrons. The molecule has 0 bridgehead atoms. The largest absolute Gasteiger partial charge is 0.468 e. The minimum atomic E-state index is -0.952. The number of methoxy groups -OCH3 is 1. The van der Waals surface area contributed by atoms with Gasteiger partial charge in [0.2, 0.25) is 0 Å². The van der Waals surface area contributed by atoms with Crippen LogP contribution < -0.4 is 5.73 Å². The zero-order valence-corrected chi connectivity index (χ0v) is 9.66. The molecule has 0 aliphatic carbocycles. The monoisotopic (exact) mass is 216 g/mol. The Labute approximate surface area is 90.5 Å². The van der Waals surface area contributed by atoms with Gasteiger partial charge in [0.25, 0.3) is 0 Å². The summed E-state index contributed by atoms with van der Waals surface area (Å²) in [6.45, 7) is 3.67. The van der Waals surface area contributed by atoms with Gasteiger partial charge >= 0.3 is 5.97 Å². The van der Waals surface area contributed by atoms with Gasteiger partial charge in [-0.2, -0.15) is 0 Å². The fourth-order valence-electron chi connectivity index (χ4n) is 1.81. The lowest BCUT2D eigenvalue weighted by atomic mass is 10.0. The lowest BCUT2D eigenvalue weighted by molar-refractivity contribution is -0.147. The number of esters is 1. The zero-order valence-electron chi connectivity index (χ0n) is 9.66. The third kappa shape index (κ3) is 3.15. The number of nitrogens with zero attached hydrogens (tertiary/aromatic N) is 1. The average molecular weight is 216 g/mol. The van der Waals surface area contributed by atoms with Crippen molar-refractivity contribution >= 4 is 5.97 Å². The highest BCUT2D eigenvalue weighted by atomic mass is 16.5. The highest BCUT2D eigenvalue weighted by molar-refractivity contribution is 5.80. The van der Waals surface area contributed by atoms with Gasteiger partial charge in [-0.3, -0.25) is 9.69 Å². The molecule has 2 N–H and O–H groups in total. The molecular formula is C10H20N2O3. The summed E-state index contributed by atoms with van der Waals surface area (Å²) in [5, 5.41) is 0. The van der Waals surface area contributed by atoms with Gasteiger partial charge in [-0.05, 0) is 20.4 Å². The van der Waals surface area contributed by atoms with Crippen molar-refractivity contribution in [3.8, 4) is 0 Å². The Morgan fingerprint density at radius 1 is 1.73 bits per heavy atom. The number of hydrogen-bond acceptors (Lipinski definition) is 5. The van der Waals surface area contributed by atoms with E-state index in [2.05, 4.69) is 9.64 Å². The summed E-state index contributed by atoms with van der Waals surface area (Å²) >= 11 is 0. The summed E-state index contributed by atoms with van der Waals surface area (Å²) < 4.78 is 9.94. The van der Waals surface area contributed by atoms with Gasteiger partial charge in [-0.25, -0.2) is 0 Å². The molecule has 2 atom stereocenters. The Bertz CT molecular complexity index is 225. The highest BCUT2D eigenvalue weighted by Crippen LogP contribution is 2.13. The van der Waals surface area contributed by atoms with Crippen molar-refractivity contribution in [2.24, 2.45) is 5.73 Å². The van der Waals surface area contributed by atoms with E-state index in [1.54, 1.807) is 6.92 Å². The summed E-state index contributed by atoms with van der Waals surface area (Å²) in [4.78, 5) is 13.4. The SMILES string of the molecule is COC(=O)C(C)(N)CN(C)C1CCOC1. The van der Waals surface area contributed by atoms with E-state index in [9.17, 15) is 4.79 Å². The van der Waals surface area contributed by atoms with Crippen LogP contribution in [0.3, 0.4) is 0 Å². The molecule has 0 aromatic rings. The van der Waals surface area contributed by atoms with Crippen molar-refractivity contribution in [1.29, 1.82) is 0 Å². The second-order valence-corrected chi connectivity index (χ2v) is 4.34. The second-order valence-electron chi connectivity index (χ2n) is 4.34. The molecule has 0 saturated carbocycles. The van der Waals surface area contributed by atoms with Crippen LogP contribution in [0.1, 0.15) is 13.3 Å². The van der Waals surface area contributed by atoms with E-state index in [0.29, 0.717) is 19.2 Å². The Morgan fingerprint density at radius 3 is 2.87 bits per heavy atom. The number of carbonyl (C=O) groups is 1. The first-order chi connectivity index (χ1) is 6.97. The van der Waals surface area contributed by atoms with Crippen molar-refractivity contribution in [3.05, 3.63) is 0 Å². The zero-order chi connectivity index (χ0) is 11.5. The molecular weight excluding hydrogens is 196 g/mol. The number of nitrogens with two attached hydrogens (primary N) is 1. The van der Waals surface area contributed by atoms with E-state index in [-0.39, 0.29) is 5.97 Å². The number of rotatable bonds is 4. The molecule has 1 aliphatic rings. The molecule has 5 heteroatoms. The standard InChI is InChI=1S/C10H20N2O3/c1-10(11,9(13)14-3)7-12(2)8-4-5-15-6-8/h8H,4-7,11H2,1-3H3. The fourth-order valence-corrected chi connectivity index (χ4v) is 1.81. The number of ether oxygens (including phenoxy) is 2. The number of hydrogen-bond donors (Lipinski definition) is 1. The van der Waals surface area contributed by atoms with E-state index in [4.69, 9.17) is 10.5 Å². The molecule has 1 saturated heterocycles. The second kappa shape index (κ2) is 4.92. The van der Waals surface area contributed by atoms with E-state index < -0.39 is 5.54 Å². The maximum Gasteiger partial charge on any atom is 0.326 e. The van der Waals surface area contributed by atoms with Crippen molar-refractivity contribution in [2.75, 3.05) is 33.9 Å². The molecule has 0 amide bonds. The first-order valence-electron chi connectivity index (χ1n) is 5.12. The molecule has 88 valence electrons. The molecule has 1 fully saturated rings. The van der Waals surface area contributed by atoms with Crippen molar-refractivity contribution in [1.82, 2.24) is 4.90 Å². The Balaban J connectivity index is 2.48. The predicted octanol–water partition coefficient (Wildman–Crippen LogP) is -0.402. The Hall–Kier alpha value is -0.650. The molecule has 5 nitrogen and oxygen atoms in total. The molecule has 0 aromatic heterocycles. The van der Waals surface area contributed by atoms with E-state index >= 15 is 0 Å². The molecule has 15 heavy (non-hydrogen) atoms. The maximum atomic E-state index is 11.4. The highest BCUT2D eigenvalue weighted by Gasteiger charge is 2.33. The van der Waals surface area contributed by atoms with Crippen LogP contribution in [0.2, 0.25) is 0 Å². The summed E-state index contributed by atoms with van der Waals surface area (Å²) in [5.41, 5.74) is 4.93. The first-order valence-corrected chi connectivity index (χ1v) is 5.12. The minimum absolute atomic E-state index is 0.359. The van der Waals surface area contributed by atoms with Gasteiger partial charge in [0.05, 0.1) is 13.7 Å². The third-order valence-corrected chi connectivity index (χ3v) is 2.76. The van der Waals surface area contributed by atoms with Crippen LogP contribution in [-0.4, -0.2) is 56.4 Å². The fraction of sp³-hybridized carbons (Fsp3) is 0.900. The predicted molar refractivity (Wildman–Crippen MR) is 56.5 cm³/mol. The minimum Gasteiger partial charge on any atom is -0.468 e. The van der Waals surface area contributed by atoms with E-state index in [0.717, 1.165) is 13.0 Å².